The first-order valence-corrected chi connectivity index (χ1v) is 11.3. The van der Waals surface area contributed by atoms with Crippen LogP contribution in [0.5, 0.6) is 5.75 Å². The van der Waals surface area contributed by atoms with E-state index in [-0.39, 0.29) is 27.8 Å². The minimum absolute atomic E-state index is 0.0239. The Morgan fingerprint density at radius 2 is 1.85 bits per heavy atom. The van der Waals surface area contributed by atoms with Crippen molar-refractivity contribution < 1.29 is 14.3 Å². The molecule has 4 aromatic rings. The molecule has 1 fully saturated rings. The molecule has 5 rings (SSSR count). The molecule has 1 N–H and O–H groups in total. The van der Waals surface area contributed by atoms with Crippen LogP contribution in [-0.2, 0) is 4.79 Å². The lowest BCUT2D eigenvalue weighted by molar-refractivity contribution is -0.126. The lowest BCUT2D eigenvalue weighted by atomic mass is 9.96. The van der Waals surface area contributed by atoms with E-state index in [0.717, 1.165) is 10.8 Å². The Kier molecular flexibility index (Phi) is 5.57. The van der Waals surface area contributed by atoms with E-state index in [0.29, 0.717) is 48.8 Å². The molecule has 0 bridgehead atoms. The van der Waals surface area contributed by atoms with Gasteiger partial charge in [-0.15, -0.1) is 0 Å². The maximum absolute atomic E-state index is 16.1. The van der Waals surface area contributed by atoms with Crippen LogP contribution in [0, 0.1) is 12.7 Å². The molecule has 34 heavy (non-hydrogen) atoms. The van der Waals surface area contributed by atoms with Crippen LogP contribution in [0.4, 0.5) is 10.2 Å². The maximum Gasteiger partial charge on any atom is 0.246 e. The first kappa shape index (κ1) is 22.1. The topological polar surface area (TPSA) is 69.6 Å². The third-order valence-corrected chi connectivity index (χ3v) is 6.45. The average molecular weight is 477 g/mol. The Bertz CT molecular complexity index is 1460. The van der Waals surface area contributed by atoms with Gasteiger partial charge in [0.1, 0.15) is 22.9 Å². The molecule has 0 saturated carbocycles. The van der Waals surface area contributed by atoms with Crippen molar-refractivity contribution in [3.63, 3.8) is 0 Å². The number of anilines is 1. The number of hydrogen-bond acceptors (Lipinski definition) is 5. The second-order valence-electron chi connectivity index (χ2n) is 8.27. The predicted octanol–water partition coefficient (Wildman–Crippen LogP) is 5.09. The summed E-state index contributed by atoms with van der Waals surface area (Å²) in [6.07, 6.45) is 1.31. The van der Waals surface area contributed by atoms with Gasteiger partial charge in [-0.2, -0.15) is 0 Å². The van der Waals surface area contributed by atoms with E-state index in [4.69, 9.17) is 11.6 Å². The summed E-state index contributed by atoms with van der Waals surface area (Å²) in [6, 6.07) is 12.3. The summed E-state index contributed by atoms with van der Waals surface area (Å²) in [5.74, 6) is 0.364. The van der Waals surface area contributed by atoms with Crippen molar-refractivity contribution >= 4 is 45.0 Å². The maximum atomic E-state index is 16.1. The number of phenolic OH excluding ortho intramolecular Hbond substituents is 1. The predicted molar refractivity (Wildman–Crippen MR) is 133 cm³/mol. The standard InChI is InChI=1S/C26H22ClFN4O2/c1-3-22(34)31-8-10-32(11-9-31)26-20-14-21(27)23(24(28)25(20)29-15(2)30-26)19-13-17(33)12-16-6-4-5-7-18(16)19/h3-7,12-14,33H,1,8-11H2,2H3. The smallest absolute Gasteiger partial charge is 0.246 e. The first-order valence-electron chi connectivity index (χ1n) is 10.9. The summed E-state index contributed by atoms with van der Waals surface area (Å²) < 4.78 is 16.1. The molecule has 0 radical (unpaired) electrons. The highest BCUT2D eigenvalue weighted by Crippen LogP contribution is 2.42. The molecule has 1 saturated heterocycles. The molecule has 8 heteroatoms. The molecule has 1 aliphatic heterocycles. The second kappa shape index (κ2) is 8.57. The summed E-state index contributed by atoms with van der Waals surface area (Å²) in [7, 11) is 0. The van der Waals surface area contributed by atoms with Crippen molar-refractivity contribution in [3.8, 4) is 16.9 Å². The van der Waals surface area contributed by atoms with E-state index in [1.54, 1.807) is 24.0 Å². The van der Waals surface area contributed by atoms with Crippen LogP contribution in [0.15, 0.2) is 55.1 Å². The highest BCUT2D eigenvalue weighted by atomic mass is 35.5. The van der Waals surface area contributed by atoms with Crippen LogP contribution in [0.25, 0.3) is 32.8 Å². The number of halogens is 2. The largest absolute Gasteiger partial charge is 0.508 e. The number of carbonyl (C=O) groups excluding carboxylic acids is 1. The van der Waals surface area contributed by atoms with Crippen LogP contribution in [0.2, 0.25) is 5.02 Å². The molecular weight excluding hydrogens is 455 g/mol. The minimum atomic E-state index is -0.564. The summed E-state index contributed by atoms with van der Waals surface area (Å²) in [5, 5.41) is 12.5. The number of nitrogens with zero attached hydrogens (tertiary/aromatic N) is 4. The third-order valence-electron chi connectivity index (χ3n) is 6.16. The van der Waals surface area contributed by atoms with Crippen molar-refractivity contribution in [1.82, 2.24) is 14.9 Å². The number of phenols is 1. The molecule has 1 amide bonds. The van der Waals surface area contributed by atoms with Crippen molar-refractivity contribution in [2.75, 3.05) is 31.1 Å². The van der Waals surface area contributed by atoms with Crippen molar-refractivity contribution in [3.05, 3.63) is 71.8 Å². The van der Waals surface area contributed by atoms with Gasteiger partial charge in [0.2, 0.25) is 5.91 Å². The zero-order chi connectivity index (χ0) is 24.0. The second-order valence-corrected chi connectivity index (χ2v) is 8.68. The third kappa shape index (κ3) is 3.72. The number of aryl methyl sites for hydroxylation is 1. The molecule has 0 spiro atoms. The van der Waals surface area contributed by atoms with E-state index in [1.165, 1.54) is 12.1 Å². The molecule has 0 unspecified atom stereocenters. The fraction of sp³-hybridized carbons (Fsp3) is 0.192. The van der Waals surface area contributed by atoms with Gasteiger partial charge in [0.05, 0.1) is 5.02 Å². The summed E-state index contributed by atoms with van der Waals surface area (Å²) in [4.78, 5) is 24.7. The zero-order valence-corrected chi connectivity index (χ0v) is 19.3. The molecular formula is C26H22ClFN4O2. The van der Waals surface area contributed by atoms with Crippen LogP contribution in [-0.4, -0.2) is 52.1 Å². The molecule has 6 nitrogen and oxygen atoms in total. The molecule has 2 heterocycles. The number of amides is 1. The van der Waals surface area contributed by atoms with Gasteiger partial charge in [-0.25, -0.2) is 14.4 Å². The molecule has 1 aliphatic rings. The van der Waals surface area contributed by atoms with Crippen molar-refractivity contribution in [2.45, 2.75) is 6.92 Å². The lowest BCUT2D eigenvalue weighted by Gasteiger charge is -2.35. The van der Waals surface area contributed by atoms with Crippen LogP contribution in [0.1, 0.15) is 5.82 Å². The highest BCUT2D eigenvalue weighted by Gasteiger charge is 2.25. The number of benzene rings is 3. The van der Waals surface area contributed by atoms with Gasteiger partial charge in [-0.3, -0.25) is 4.79 Å². The van der Waals surface area contributed by atoms with E-state index in [9.17, 15) is 9.90 Å². The Labute approximate surface area is 200 Å². The zero-order valence-electron chi connectivity index (χ0n) is 18.6. The summed E-state index contributed by atoms with van der Waals surface area (Å²) >= 11 is 6.67. The number of hydrogen-bond donors (Lipinski definition) is 1. The van der Waals surface area contributed by atoms with Crippen LogP contribution < -0.4 is 4.90 Å². The van der Waals surface area contributed by atoms with E-state index < -0.39 is 5.82 Å². The Hall–Kier alpha value is -3.71. The van der Waals surface area contributed by atoms with Gasteiger partial charge in [0, 0.05) is 37.1 Å². The molecule has 0 aliphatic carbocycles. The fourth-order valence-corrected chi connectivity index (χ4v) is 4.84. The van der Waals surface area contributed by atoms with Crippen molar-refractivity contribution in [1.29, 1.82) is 0 Å². The SMILES string of the molecule is C=CC(=O)N1CCN(c2nc(C)nc3c(F)c(-c4cc(O)cc5ccccc45)c(Cl)cc23)CC1. The number of rotatable bonds is 3. The van der Waals surface area contributed by atoms with Crippen LogP contribution >= 0.6 is 11.6 Å². The van der Waals surface area contributed by atoms with Gasteiger partial charge >= 0.3 is 0 Å². The van der Waals surface area contributed by atoms with Gasteiger partial charge < -0.3 is 14.9 Å². The molecule has 1 aromatic heterocycles. The lowest BCUT2D eigenvalue weighted by Crippen LogP contribution is -2.48. The van der Waals surface area contributed by atoms with Gasteiger partial charge in [-0.1, -0.05) is 42.4 Å². The highest BCUT2D eigenvalue weighted by molar-refractivity contribution is 6.35. The number of piperazine rings is 1. The summed E-state index contributed by atoms with van der Waals surface area (Å²) in [6.45, 7) is 7.38. The van der Waals surface area contributed by atoms with E-state index >= 15 is 4.39 Å². The molecule has 0 atom stereocenters. The quantitative estimate of drug-likeness (QED) is 0.417. The number of carbonyl (C=O) groups is 1. The van der Waals surface area contributed by atoms with Gasteiger partial charge in [-0.05, 0) is 47.5 Å². The Morgan fingerprint density at radius 1 is 1.12 bits per heavy atom. The first-order chi connectivity index (χ1) is 16.4. The Morgan fingerprint density at radius 3 is 2.59 bits per heavy atom. The van der Waals surface area contributed by atoms with E-state index in [2.05, 4.69) is 16.5 Å². The number of fused-ring (bicyclic) bond motifs is 2. The fourth-order valence-electron chi connectivity index (χ4n) is 4.55. The molecule has 3 aromatic carbocycles. The molecule has 172 valence electrons. The number of aromatic nitrogens is 2. The number of aromatic hydroxyl groups is 1. The van der Waals surface area contributed by atoms with E-state index in [1.807, 2.05) is 29.2 Å². The minimum Gasteiger partial charge on any atom is -0.508 e. The Balaban J connectivity index is 1.66. The van der Waals surface area contributed by atoms with Gasteiger partial charge in [0.15, 0.2) is 5.82 Å². The normalized spacial score (nSPS) is 14.1. The van der Waals surface area contributed by atoms with Gasteiger partial charge in [0.25, 0.3) is 0 Å². The van der Waals surface area contributed by atoms with Crippen molar-refractivity contribution in [2.24, 2.45) is 0 Å². The average Bonchev–Trinajstić information content (AvgIpc) is 2.83. The monoisotopic (exact) mass is 476 g/mol. The summed E-state index contributed by atoms with van der Waals surface area (Å²) in [5.41, 5.74) is 0.847. The van der Waals surface area contributed by atoms with Crippen LogP contribution in [0.3, 0.4) is 0 Å².